The summed E-state index contributed by atoms with van der Waals surface area (Å²) < 4.78 is 0. The molecule has 0 aliphatic carbocycles. The van der Waals surface area contributed by atoms with Gasteiger partial charge in [0.05, 0.1) is 0 Å². The molecule has 3 heteroatoms. The summed E-state index contributed by atoms with van der Waals surface area (Å²) in [5.74, 6) is 0. The lowest BCUT2D eigenvalue weighted by molar-refractivity contribution is 0.305. The van der Waals surface area contributed by atoms with E-state index in [0.717, 1.165) is 13.1 Å². The molecular formula is C15H19N3. The van der Waals surface area contributed by atoms with E-state index in [-0.39, 0.29) is 6.04 Å². The van der Waals surface area contributed by atoms with E-state index in [2.05, 4.69) is 35.1 Å². The summed E-state index contributed by atoms with van der Waals surface area (Å²) in [7, 11) is 2.08. The molecule has 18 heavy (non-hydrogen) atoms. The van der Waals surface area contributed by atoms with Crippen LogP contribution in [0.25, 0.3) is 0 Å². The van der Waals surface area contributed by atoms with Gasteiger partial charge in [-0.3, -0.25) is 4.98 Å². The number of nitrogens with zero attached hydrogens (tertiary/aromatic N) is 2. The Kier molecular flexibility index (Phi) is 4.45. The van der Waals surface area contributed by atoms with Crippen molar-refractivity contribution in [1.82, 2.24) is 9.88 Å². The summed E-state index contributed by atoms with van der Waals surface area (Å²) in [4.78, 5) is 6.33. The second kappa shape index (κ2) is 6.28. The monoisotopic (exact) mass is 241 g/mol. The molecule has 1 atom stereocenters. The Bertz CT molecular complexity index is 456. The van der Waals surface area contributed by atoms with Crippen molar-refractivity contribution in [3.05, 3.63) is 66.0 Å². The lowest BCUT2D eigenvalue weighted by atomic mass is 10.1. The van der Waals surface area contributed by atoms with Crippen molar-refractivity contribution in [2.75, 3.05) is 13.6 Å². The standard InChI is InChI=1S/C15H19N3/c1-18(11-13-6-5-9-17-10-13)12-15(16)14-7-3-2-4-8-14/h2-10,15H,11-12,16H2,1H3/t15-/m0/s1. The summed E-state index contributed by atoms with van der Waals surface area (Å²) in [6.45, 7) is 1.70. The highest BCUT2D eigenvalue weighted by Crippen LogP contribution is 2.11. The predicted octanol–water partition coefficient (Wildman–Crippen LogP) is 2.21. The Morgan fingerprint density at radius 2 is 1.94 bits per heavy atom. The summed E-state index contributed by atoms with van der Waals surface area (Å²) in [6.07, 6.45) is 3.68. The molecule has 0 saturated heterocycles. The fraction of sp³-hybridized carbons (Fsp3) is 0.267. The molecule has 0 bridgehead atoms. The van der Waals surface area contributed by atoms with Gasteiger partial charge in [-0.2, -0.15) is 0 Å². The van der Waals surface area contributed by atoms with Crippen LogP contribution in [0.4, 0.5) is 0 Å². The van der Waals surface area contributed by atoms with Gasteiger partial charge >= 0.3 is 0 Å². The van der Waals surface area contributed by atoms with Gasteiger partial charge < -0.3 is 10.6 Å². The molecule has 0 saturated carbocycles. The summed E-state index contributed by atoms with van der Waals surface area (Å²) in [6, 6.07) is 14.3. The van der Waals surface area contributed by atoms with Gasteiger partial charge in [-0.1, -0.05) is 36.4 Å². The topological polar surface area (TPSA) is 42.2 Å². The Morgan fingerprint density at radius 3 is 2.61 bits per heavy atom. The van der Waals surface area contributed by atoms with Gasteiger partial charge in [0.25, 0.3) is 0 Å². The number of benzene rings is 1. The molecule has 2 aromatic rings. The minimum Gasteiger partial charge on any atom is -0.323 e. The first-order valence-corrected chi connectivity index (χ1v) is 6.13. The van der Waals surface area contributed by atoms with Crippen molar-refractivity contribution in [2.45, 2.75) is 12.6 Å². The number of nitrogens with two attached hydrogens (primary N) is 1. The van der Waals surface area contributed by atoms with Gasteiger partial charge in [0, 0.05) is 31.5 Å². The molecule has 0 amide bonds. The van der Waals surface area contributed by atoms with Gasteiger partial charge in [-0.05, 0) is 24.2 Å². The van der Waals surface area contributed by atoms with Crippen LogP contribution in [0.2, 0.25) is 0 Å². The fourth-order valence-corrected chi connectivity index (χ4v) is 2.01. The molecule has 0 aliphatic heterocycles. The van der Waals surface area contributed by atoms with Crippen LogP contribution in [-0.4, -0.2) is 23.5 Å². The molecule has 1 heterocycles. The number of hydrogen-bond acceptors (Lipinski definition) is 3. The van der Waals surface area contributed by atoms with Crippen molar-refractivity contribution < 1.29 is 0 Å². The number of aromatic nitrogens is 1. The zero-order chi connectivity index (χ0) is 12.8. The van der Waals surface area contributed by atoms with Crippen molar-refractivity contribution in [1.29, 1.82) is 0 Å². The molecule has 0 spiro atoms. The van der Waals surface area contributed by atoms with E-state index in [0.29, 0.717) is 0 Å². The molecule has 2 N–H and O–H groups in total. The third kappa shape index (κ3) is 3.65. The third-order valence-electron chi connectivity index (χ3n) is 2.91. The lowest BCUT2D eigenvalue weighted by Gasteiger charge is -2.21. The number of hydrogen-bond donors (Lipinski definition) is 1. The quantitative estimate of drug-likeness (QED) is 0.872. The highest BCUT2D eigenvalue weighted by Gasteiger charge is 2.09. The van der Waals surface area contributed by atoms with Crippen molar-refractivity contribution in [3.8, 4) is 0 Å². The molecule has 0 aliphatic rings. The third-order valence-corrected chi connectivity index (χ3v) is 2.91. The van der Waals surface area contributed by atoms with Crippen molar-refractivity contribution in [2.24, 2.45) is 5.73 Å². The maximum atomic E-state index is 6.19. The van der Waals surface area contributed by atoms with Crippen molar-refractivity contribution >= 4 is 0 Å². The highest BCUT2D eigenvalue weighted by molar-refractivity contribution is 5.18. The molecule has 0 unspecified atom stereocenters. The summed E-state index contributed by atoms with van der Waals surface area (Å²) in [5.41, 5.74) is 8.58. The van der Waals surface area contributed by atoms with Crippen LogP contribution in [0.3, 0.4) is 0 Å². The molecule has 2 rings (SSSR count). The minimum atomic E-state index is 0.0490. The molecular weight excluding hydrogens is 222 g/mol. The molecule has 1 aromatic heterocycles. The number of pyridine rings is 1. The van der Waals surface area contributed by atoms with Crippen LogP contribution in [0.15, 0.2) is 54.9 Å². The van der Waals surface area contributed by atoms with Crippen LogP contribution in [0, 0.1) is 0 Å². The number of rotatable bonds is 5. The van der Waals surface area contributed by atoms with E-state index in [1.54, 1.807) is 6.20 Å². The van der Waals surface area contributed by atoms with E-state index in [1.165, 1.54) is 11.1 Å². The highest BCUT2D eigenvalue weighted by atomic mass is 15.1. The number of likely N-dealkylation sites (N-methyl/N-ethyl adjacent to an activating group) is 1. The van der Waals surface area contributed by atoms with Crippen LogP contribution in [0.5, 0.6) is 0 Å². The minimum absolute atomic E-state index is 0.0490. The van der Waals surface area contributed by atoms with Crippen LogP contribution >= 0.6 is 0 Å². The zero-order valence-electron chi connectivity index (χ0n) is 10.7. The first kappa shape index (κ1) is 12.7. The largest absolute Gasteiger partial charge is 0.323 e. The Hall–Kier alpha value is -1.71. The predicted molar refractivity (Wildman–Crippen MR) is 73.9 cm³/mol. The Morgan fingerprint density at radius 1 is 1.17 bits per heavy atom. The van der Waals surface area contributed by atoms with Crippen LogP contribution < -0.4 is 5.73 Å². The van der Waals surface area contributed by atoms with Crippen LogP contribution in [0.1, 0.15) is 17.2 Å². The molecule has 0 fully saturated rings. The second-order valence-corrected chi connectivity index (χ2v) is 4.58. The van der Waals surface area contributed by atoms with Gasteiger partial charge in [0.1, 0.15) is 0 Å². The van der Waals surface area contributed by atoms with E-state index in [1.807, 2.05) is 30.5 Å². The summed E-state index contributed by atoms with van der Waals surface area (Å²) >= 11 is 0. The Labute approximate surface area is 108 Å². The van der Waals surface area contributed by atoms with Crippen molar-refractivity contribution in [3.63, 3.8) is 0 Å². The maximum absolute atomic E-state index is 6.19. The fourth-order valence-electron chi connectivity index (χ4n) is 2.01. The molecule has 1 aromatic carbocycles. The first-order chi connectivity index (χ1) is 8.75. The lowest BCUT2D eigenvalue weighted by Crippen LogP contribution is -2.28. The van der Waals surface area contributed by atoms with Gasteiger partial charge in [0.2, 0.25) is 0 Å². The average molecular weight is 241 g/mol. The van der Waals surface area contributed by atoms with Gasteiger partial charge in [-0.25, -0.2) is 0 Å². The molecule has 3 nitrogen and oxygen atoms in total. The summed E-state index contributed by atoms with van der Waals surface area (Å²) in [5, 5.41) is 0. The van der Waals surface area contributed by atoms with E-state index in [4.69, 9.17) is 5.73 Å². The van der Waals surface area contributed by atoms with Gasteiger partial charge in [-0.15, -0.1) is 0 Å². The first-order valence-electron chi connectivity index (χ1n) is 6.13. The SMILES string of the molecule is CN(Cc1cccnc1)C[C@H](N)c1ccccc1. The average Bonchev–Trinajstić information content (AvgIpc) is 2.40. The van der Waals surface area contributed by atoms with E-state index in [9.17, 15) is 0 Å². The normalized spacial score (nSPS) is 12.6. The smallest absolute Gasteiger partial charge is 0.0424 e. The maximum Gasteiger partial charge on any atom is 0.0424 e. The second-order valence-electron chi connectivity index (χ2n) is 4.58. The zero-order valence-corrected chi connectivity index (χ0v) is 10.7. The van der Waals surface area contributed by atoms with Crippen LogP contribution in [-0.2, 0) is 6.54 Å². The molecule has 0 radical (unpaired) electrons. The molecule has 94 valence electrons. The van der Waals surface area contributed by atoms with Gasteiger partial charge in [0.15, 0.2) is 0 Å². The van der Waals surface area contributed by atoms with E-state index < -0.39 is 0 Å². The van der Waals surface area contributed by atoms with E-state index >= 15 is 0 Å². The Balaban J connectivity index is 1.90.